The second kappa shape index (κ2) is 5.58. The van der Waals surface area contributed by atoms with Crippen molar-refractivity contribution in [3.63, 3.8) is 0 Å². The van der Waals surface area contributed by atoms with Crippen LogP contribution >= 0.6 is 15.9 Å². The van der Waals surface area contributed by atoms with Crippen molar-refractivity contribution >= 4 is 31.5 Å². The number of benzene rings is 1. The first-order valence-corrected chi connectivity index (χ1v) is 8.44. The van der Waals surface area contributed by atoms with Crippen molar-refractivity contribution in [1.82, 2.24) is 0 Å². The Bertz CT molecular complexity index is 583. The van der Waals surface area contributed by atoms with Crippen LogP contribution in [0, 0.1) is 10.1 Å². The van der Waals surface area contributed by atoms with Gasteiger partial charge in [0.2, 0.25) is 0 Å². The normalized spacial score (nSPS) is 14.1. The topological polar surface area (TPSA) is 77.3 Å². The van der Waals surface area contributed by atoms with Gasteiger partial charge in [0.1, 0.15) is 0 Å². The lowest BCUT2D eigenvalue weighted by Crippen LogP contribution is -2.41. The van der Waals surface area contributed by atoms with E-state index in [0.29, 0.717) is 5.56 Å². The van der Waals surface area contributed by atoms with E-state index in [4.69, 9.17) is 0 Å². The fourth-order valence-corrected chi connectivity index (χ4v) is 3.45. The Balaban J connectivity index is 3.08. The summed E-state index contributed by atoms with van der Waals surface area (Å²) in [4.78, 5) is 10.1. The van der Waals surface area contributed by atoms with Crippen molar-refractivity contribution < 1.29 is 13.3 Å². The van der Waals surface area contributed by atoms with Gasteiger partial charge in [-0.05, 0) is 20.3 Å². The van der Waals surface area contributed by atoms with Gasteiger partial charge in [-0.2, -0.15) is 0 Å². The molecule has 7 heteroatoms. The third-order valence-electron chi connectivity index (χ3n) is 3.30. The van der Waals surface area contributed by atoms with Crippen LogP contribution in [0.1, 0.15) is 19.4 Å². The van der Waals surface area contributed by atoms with Gasteiger partial charge in [-0.25, -0.2) is 8.42 Å². The zero-order valence-electron chi connectivity index (χ0n) is 11.0. The molecule has 0 radical (unpaired) electrons. The molecule has 1 aromatic carbocycles. The second-order valence-corrected chi connectivity index (χ2v) is 8.63. The Labute approximate surface area is 121 Å². The molecule has 1 aromatic rings. The predicted octanol–water partition coefficient (Wildman–Crippen LogP) is 2.72. The Kier molecular flexibility index (Phi) is 4.73. The molecule has 0 aliphatic heterocycles. The summed E-state index contributed by atoms with van der Waals surface area (Å²) in [7, 11) is -3.27. The summed E-state index contributed by atoms with van der Waals surface area (Å²) in [5.74, 6) is 0. The third-order valence-corrected chi connectivity index (χ3v) is 7.26. The minimum Gasteiger partial charge on any atom is -0.258 e. The number of hydrogen-bond acceptors (Lipinski definition) is 4. The summed E-state index contributed by atoms with van der Waals surface area (Å²) in [5, 5.41) is 10.9. The fourth-order valence-electron chi connectivity index (χ4n) is 1.53. The lowest BCUT2D eigenvalue weighted by molar-refractivity contribution is -0.385. The largest absolute Gasteiger partial charge is 0.272 e. The predicted molar refractivity (Wildman–Crippen MR) is 78.4 cm³/mol. The zero-order valence-corrected chi connectivity index (χ0v) is 13.4. The fraction of sp³-hybridized carbons (Fsp3) is 0.500. The summed E-state index contributed by atoms with van der Waals surface area (Å²) >= 11 is 3.35. The minimum absolute atomic E-state index is 0.0104. The van der Waals surface area contributed by atoms with Gasteiger partial charge in [-0.3, -0.25) is 10.1 Å². The zero-order chi connectivity index (χ0) is 14.8. The number of halogens is 1. The average molecular weight is 350 g/mol. The first kappa shape index (κ1) is 16.1. The van der Waals surface area contributed by atoms with E-state index < -0.39 is 24.3 Å². The maximum Gasteiger partial charge on any atom is 0.272 e. The molecule has 0 bridgehead atoms. The van der Waals surface area contributed by atoms with Crippen LogP contribution in [-0.2, 0) is 16.3 Å². The Hall–Kier alpha value is -0.950. The van der Waals surface area contributed by atoms with Crippen LogP contribution in [-0.4, -0.2) is 29.2 Å². The van der Waals surface area contributed by atoms with E-state index in [-0.39, 0.29) is 12.1 Å². The monoisotopic (exact) mass is 349 g/mol. The number of rotatable bonds is 5. The second-order valence-electron chi connectivity index (χ2n) is 4.93. The average Bonchev–Trinajstić information content (AvgIpc) is 2.27. The van der Waals surface area contributed by atoms with Gasteiger partial charge in [0.25, 0.3) is 5.69 Å². The van der Waals surface area contributed by atoms with Gasteiger partial charge < -0.3 is 0 Å². The quantitative estimate of drug-likeness (QED) is 0.465. The molecule has 106 valence electrons. The van der Waals surface area contributed by atoms with Gasteiger partial charge in [0, 0.05) is 22.7 Å². The number of nitro groups is 1. The third kappa shape index (κ3) is 3.54. The minimum atomic E-state index is -3.27. The molecule has 1 atom stereocenters. The van der Waals surface area contributed by atoms with Gasteiger partial charge in [-0.15, -0.1) is 0 Å². The highest BCUT2D eigenvalue weighted by Crippen LogP contribution is 2.31. The van der Waals surface area contributed by atoms with Crippen molar-refractivity contribution in [3.8, 4) is 0 Å². The molecule has 0 saturated carbocycles. The Morgan fingerprint density at radius 3 is 2.37 bits per heavy atom. The summed E-state index contributed by atoms with van der Waals surface area (Å²) in [5.41, 5.74) is 0.530. The van der Waals surface area contributed by atoms with Crippen molar-refractivity contribution in [2.45, 2.75) is 29.8 Å². The van der Waals surface area contributed by atoms with E-state index in [0.717, 1.165) is 0 Å². The van der Waals surface area contributed by atoms with Gasteiger partial charge >= 0.3 is 0 Å². The summed E-state index contributed by atoms with van der Waals surface area (Å²) in [6.45, 7) is 3.22. The van der Waals surface area contributed by atoms with E-state index in [1.807, 2.05) is 0 Å². The highest BCUT2D eigenvalue weighted by Gasteiger charge is 2.38. The molecule has 0 saturated heterocycles. The summed E-state index contributed by atoms with van der Waals surface area (Å²) in [6.07, 6.45) is 1.44. The maximum absolute atomic E-state index is 11.7. The van der Waals surface area contributed by atoms with E-state index >= 15 is 0 Å². The number of nitrogens with zero attached hydrogens (tertiary/aromatic N) is 1. The Morgan fingerprint density at radius 2 is 1.89 bits per heavy atom. The number of nitro benzene ring substituents is 1. The SMILES string of the molecule is CC(C)(C(Br)Cc1ccccc1[N+](=O)[O-])S(C)(=O)=O. The maximum atomic E-state index is 11.7. The molecule has 0 fully saturated rings. The molecule has 0 aliphatic rings. The van der Waals surface area contributed by atoms with Gasteiger partial charge in [0.15, 0.2) is 9.84 Å². The molecule has 19 heavy (non-hydrogen) atoms. The Morgan fingerprint density at radius 1 is 1.37 bits per heavy atom. The van der Waals surface area contributed by atoms with Crippen LogP contribution in [0.15, 0.2) is 24.3 Å². The number of sulfone groups is 1. The molecule has 1 rings (SSSR count). The molecular weight excluding hydrogens is 334 g/mol. The molecule has 5 nitrogen and oxygen atoms in total. The molecule has 0 amide bonds. The van der Waals surface area contributed by atoms with Crippen LogP contribution in [0.3, 0.4) is 0 Å². The van der Waals surface area contributed by atoms with E-state index in [2.05, 4.69) is 15.9 Å². The standard InChI is InChI=1S/C12H16BrNO4S/c1-12(2,19(3,17)18)11(13)8-9-6-4-5-7-10(9)14(15)16/h4-7,11H,8H2,1-3H3. The van der Waals surface area contributed by atoms with Crippen LogP contribution in [0.25, 0.3) is 0 Å². The van der Waals surface area contributed by atoms with Crippen LogP contribution in [0.2, 0.25) is 0 Å². The van der Waals surface area contributed by atoms with Crippen molar-refractivity contribution in [2.24, 2.45) is 0 Å². The lowest BCUT2D eigenvalue weighted by atomic mass is 10.0. The number of alkyl halides is 1. The first-order chi connectivity index (χ1) is 8.57. The van der Waals surface area contributed by atoms with Crippen LogP contribution < -0.4 is 0 Å². The number of para-hydroxylation sites is 1. The molecule has 0 heterocycles. The van der Waals surface area contributed by atoms with E-state index in [9.17, 15) is 18.5 Å². The molecule has 0 spiro atoms. The smallest absolute Gasteiger partial charge is 0.258 e. The van der Waals surface area contributed by atoms with Crippen molar-refractivity contribution in [1.29, 1.82) is 0 Å². The summed E-state index contributed by atoms with van der Waals surface area (Å²) in [6, 6.07) is 6.36. The highest BCUT2D eigenvalue weighted by molar-refractivity contribution is 9.09. The van der Waals surface area contributed by atoms with E-state index in [1.165, 1.54) is 12.3 Å². The molecule has 0 aliphatic carbocycles. The van der Waals surface area contributed by atoms with E-state index in [1.54, 1.807) is 32.0 Å². The molecular formula is C12H16BrNO4S. The summed E-state index contributed by atoms with van der Waals surface area (Å²) < 4.78 is 22.5. The molecule has 1 unspecified atom stereocenters. The first-order valence-electron chi connectivity index (χ1n) is 5.63. The van der Waals surface area contributed by atoms with Gasteiger partial charge in [-0.1, -0.05) is 34.1 Å². The van der Waals surface area contributed by atoms with Gasteiger partial charge in [0.05, 0.1) is 9.67 Å². The van der Waals surface area contributed by atoms with Crippen LogP contribution in [0.4, 0.5) is 5.69 Å². The lowest BCUT2D eigenvalue weighted by Gasteiger charge is -2.28. The number of hydrogen-bond donors (Lipinski definition) is 0. The van der Waals surface area contributed by atoms with Crippen molar-refractivity contribution in [2.75, 3.05) is 6.26 Å². The molecule has 0 N–H and O–H groups in total. The molecule has 0 aromatic heterocycles. The van der Waals surface area contributed by atoms with Crippen molar-refractivity contribution in [3.05, 3.63) is 39.9 Å². The highest BCUT2D eigenvalue weighted by atomic mass is 79.9. The van der Waals surface area contributed by atoms with Crippen LogP contribution in [0.5, 0.6) is 0 Å².